The predicted octanol–water partition coefficient (Wildman–Crippen LogP) is 5.46. The number of carbonyl (C=O) groups excluding carboxylic acids is 1. The van der Waals surface area contributed by atoms with Crippen molar-refractivity contribution < 1.29 is 9.53 Å². The van der Waals surface area contributed by atoms with Gasteiger partial charge in [-0.25, -0.2) is 9.78 Å². The van der Waals surface area contributed by atoms with Gasteiger partial charge >= 0.3 is 6.09 Å². The summed E-state index contributed by atoms with van der Waals surface area (Å²) in [6.45, 7) is 2.03. The molecule has 4 heterocycles. The van der Waals surface area contributed by atoms with Crippen molar-refractivity contribution in [3.63, 3.8) is 0 Å². The lowest BCUT2D eigenvalue weighted by Gasteiger charge is -2.17. The van der Waals surface area contributed by atoms with Crippen LogP contribution in [0.1, 0.15) is 36.8 Å². The highest BCUT2D eigenvalue weighted by molar-refractivity contribution is 6.32. The maximum absolute atomic E-state index is 13.6. The fourth-order valence-corrected chi connectivity index (χ4v) is 6.09. The number of halogens is 2. The molecule has 0 bridgehead atoms. The first-order chi connectivity index (χ1) is 19.9. The second kappa shape index (κ2) is 9.86. The van der Waals surface area contributed by atoms with Gasteiger partial charge in [0.05, 0.1) is 18.3 Å². The molecule has 1 saturated carbocycles. The molecule has 2 aromatic carbocycles. The maximum atomic E-state index is 13.6. The van der Waals surface area contributed by atoms with Crippen LogP contribution in [0.2, 0.25) is 10.2 Å². The summed E-state index contributed by atoms with van der Waals surface area (Å²) in [5, 5.41) is 15.1. The minimum Gasteiger partial charge on any atom is -0.450 e. The van der Waals surface area contributed by atoms with E-state index in [4.69, 9.17) is 32.9 Å². The number of ether oxygens (including phenoxy) is 1. The van der Waals surface area contributed by atoms with Gasteiger partial charge in [-0.15, -0.1) is 5.10 Å². The molecule has 41 heavy (non-hydrogen) atoms. The Labute approximate surface area is 243 Å². The zero-order valence-corrected chi connectivity index (χ0v) is 23.1. The van der Waals surface area contributed by atoms with Crippen molar-refractivity contribution >= 4 is 35.0 Å². The van der Waals surface area contributed by atoms with Crippen LogP contribution in [0.15, 0.2) is 65.7 Å². The van der Waals surface area contributed by atoms with Gasteiger partial charge in [0.1, 0.15) is 23.0 Å². The fraction of sp³-hybridized carbons (Fsp3) is 0.214. The van der Waals surface area contributed by atoms with Gasteiger partial charge in [-0.05, 0) is 71.7 Å². The zero-order chi connectivity index (χ0) is 28.2. The van der Waals surface area contributed by atoms with E-state index in [0.29, 0.717) is 27.4 Å². The van der Waals surface area contributed by atoms with Crippen LogP contribution in [0, 0.1) is 5.92 Å². The lowest BCUT2D eigenvalue weighted by molar-refractivity contribution is 0.168. The standard InChI is InChI=1S/C28H22Cl2N8O3/c1-2-41-28(40)32-17-6-3-14(4-7-17)24-26(30)34-27(33-24)25-20-12-19(20)22-9-15(10-23(39)38(22)25)18-11-16(29)5-8-21(18)37-13-31-35-36-37/h3-11,13,19-20,25H,2,12H2,1H3,(H,32,40)(H,33,34). The number of H-pyrrole nitrogens is 1. The average Bonchev–Trinajstić information content (AvgIpc) is 3.24. The molecular weight excluding hydrogens is 567 g/mol. The third-order valence-corrected chi connectivity index (χ3v) is 8.01. The zero-order valence-electron chi connectivity index (χ0n) is 21.6. The van der Waals surface area contributed by atoms with Crippen LogP contribution >= 0.6 is 23.2 Å². The number of benzene rings is 2. The van der Waals surface area contributed by atoms with Crippen molar-refractivity contribution in [3.8, 4) is 28.1 Å². The smallest absolute Gasteiger partial charge is 0.411 e. The van der Waals surface area contributed by atoms with Gasteiger partial charge in [0.2, 0.25) is 0 Å². The highest BCUT2D eigenvalue weighted by Gasteiger charge is 2.54. The van der Waals surface area contributed by atoms with Gasteiger partial charge in [0.15, 0.2) is 0 Å². The molecule has 3 aromatic heterocycles. The van der Waals surface area contributed by atoms with Gasteiger partial charge in [-0.1, -0.05) is 35.3 Å². The van der Waals surface area contributed by atoms with Crippen molar-refractivity contribution in [2.24, 2.45) is 5.92 Å². The summed E-state index contributed by atoms with van der Waals surface area (Å²) in [4.78, 5) is 33.4. The molecule has 11 nitrogen and oxygen atoms in total. The minimum atomic E-state index is -0.519. The molecule has 2 aliphatic rings. The largest absolute Gasteiger partial charge is 0.450 e. The van der Waals surface area contributed by atoms with E-state index in [1.54, 1.807) is 35.9 Å². The maximum Gasteiger partial charge on any atom is 0.411 e. The summed E-state index contributed by atoms with van der Waals surface area (Å²) in [5.41, 5.74) is 4.98. The number of hydrogen-bond acceptors (Lipinski definition) is 7. The molecule has 3 unspecified atom stereocenters. The van der Waals surface area contributed by atoms with Crippen molar-refractivity contribution in [2.75, 3.05) is 11.9 Å². The van der Waals surface area contributed by atoms with Crippen molar-refractivity contribution in [2.45, 2.75) is 25.3 Å². The Hall–Kier alpha value is -4.48. The molecule has 1 amide bonds. The molecule has 2 N–H and O–H groups in total. The lowest BCUT2D eigenvalue weighted by atomic mass is 10.0. The summed E-state index contributed by atoms with van der Waals surface area (Å²) in [6, 6.07) is 16.0. The van der Waals surface area contributed by atoms with Crippen LogP contribution in [-0.2, 0) is 4.74 Å². The molecule has 5 aromatic rings. The van der Waals surface area contributed by atoms with E-state index < -0.39 is 6.09 Å². The number of nitrogens with zero attached hydrogens (tertiary/aromatic N) is 6. The molecular formula is C28H22Cl2N8O3. The number of imidazole rings is 1. The third kappa shape index (κ3) is 4.47. The van der Waals surface area contributed by atoms with Crippen molar-refractivity contribution in [1.82, 2.24) is 34.7 Å². The predicted molar refractivity (Wildman–Crippen MR) is 153 cm³/mol. The van der Waals surface area contributed by atoms with E-state index in [1.165, 1.54) is 6.33 Å². The summed E-state index contributed by atoms with van der Waals surface area (Å²) < 4.78 is 8.28. The van der Waals surface area contributed by atoms with Gasteiger partial charge in [0.25, 0.3) is 5.56 Å². The van der Waals surface area contributed by atoms with Crippen molar-refractivity contribution in [3.05, 3.63) is 93.0 Å². The SMILES string of the molecule is CCOC(=O)Nc1ccc(-c2nc(C3C4CC4c4cc(-c5cc(Cl)ccc5-n5cnnn5)cc(=O)n43)[nH]c2Cl)cc1. The Kier molecular flexibility index (Phi) is 6.13. The van der Waals surface area contributed by atoms with Gasteiger partial charge in [0, 0.05) is 39.5 Å². The Bertz CT molecular complexity index is 1850. The molecule has 0 saturated heterocycles. The van der Waals surface area contributed by atoms with E-state index >= 15 is 0 Å². The summed E-state index contributed by atoms with van der Waals surface area (Å²) in [7, 11) is 0. The number of hydrogen-bond donors (Lipinski definition) is 2. The number of nitrogens with one attached hydrogen (secondary N) is 2. The second-order valence-electron chi connectivity index (χ2n) is 9.95. The highest BCUT2D eigenvalue weighted by atomic mass is 35.5. The topological polar surface area (TPSA) is 133 Å². The molecule has 0 spiro atoms. The highest BCUT2D eigenvalue weighted by Crippen LogP contribution is 2.60. The lowest BCUT2D eigenvalue weighted by Crippen LogP contribution is -2.26. The van der Waals surface area contributed by atoms with E-state index in [2.05, 4.69) is 25.8 Å². The number of fused-ring (bicyclic) bond motifs is 3. The first kappa shape index (κ1) is 25.5. The van der Waals surface area contributed by atoms with E-state index in [9.17, 15) is 9.59 Å². The van der Waals surface area contributed by atoms with Crippen LogP contribution < -0.4 is 10.9 Å². The first-order valence-corrected chi connectivity index (χ1v) is 13.8. The van der Waals surface area contributed by atoms with Crippen LogP contribution in [0.4, 0.5) is 10.5 Å². The Balaban J connectivity index is 1.22. The summed E-state index contributed by atoms with van der Waals surface area (Å²) >= 11 is 13.0. The molecule has 0 radical (unpaired) electrons. The molecule has 3 atom stereocenters. The van der Waals surface area contributed by atoms with E-state index in [0.717, 1.165) is 34.5 Å². The van der Waals surface area contributed by atoms with Gasteiger partial charge in [-0.3, -0.25) is 10.1 Å². The normalized spacial score (nSPS) is 18.6. The number of rotatable bonds is 6. The number of aromatic nitrogens is 7. The van der Waals surface area contributed by atoms with E-state index in [1.807, 2.05) is 34.9 Å². The van der Waals surface area contributed by atoms with Gasteiger partial charge < -0.3 is 14.3 Å². The number of tetrazole rings is 1. The minimum absolute atomic E-state index is 0.138. The Morgan fingerprint density at radius 3 is 2.71 bits per heavy atom. The number of aromatic amines is 1. The molecule has 206 valence electrons. The Morgan fingerprint density at radius 2 is 1.95 bits per heavy atom. The van der Waals surface area contributed by atoms with E-state index in [-0.39, 0.29) is 30.0 Å². The monoisotopic (exact) mass is 588 g/mol. The number of anilines is 1. The van der Waals surface area contributed by atoms with Gasteiger partial charge in [-0.2, -0.15) is 4.68 Å². The molecule has 1 aliphatic heterocycles. The van der Waals surface area contributed by atoms with Crippen molar-refractivity contribution in [1.29, 1.82) is 0 Å². The first-order valence-electron chi connectivity index (χ1n) is 13.0. The molecule has 7 rings (SSSR count). The summed E-state index contributed by atoms with van der Waals surface area (Å²) in [5.74, 6) is 1.11. The van der Waals surface area contributed by atoms with Crippen LogP contribution in [0.5, 0.6) is 0 Å². The van der Waals surface area contributed by atoms with Crippen LogP contribution in [0.25, 0.3) is 28.1 Å². The number of pyridine rings is 1. The quantitative estimate of drug-likeness (QED) is 0.269. The molecule has 1 aliphatic carbocycles. The number of amides is 1. The number of carbonyl (C=O) groups is 1. The fourth-order valence-electron chi connectivity index (χ4n) is 5.67. The third-order valence-electron chi connectivity index (χ3n) is 7.51. The second-order valence-corrected chi connectivity index (χ2v) is 10.8. The van der Waals surface area contributed by atoms with Crippen LogP contribution in [-0.4, -0.2) is 47.4 Å². The average molecular weight is 589 g/mol. The summed E-state index contributed by atoms with van der Waals surface area (Å²) in [6.07, 6.45) is 1.93. The molecule has 13 heteroatoms. The van der Waals surface area contributed by atoms with Crippen LogP contribution in [0.3, 0.4) is 0 Å². The molecule has 1 fully saturated rings. The Morgan fingerprint density at radius 1 is 1.12 bits per heavy atom.